The standard InChI is InChI=1S/C21H21NO2/c1-15-5-4-6-19(11-15)21(23)22(2)14-16-7-8-18-13-20(24-3)10-9-17(18)12-16/h4-13H,14H2,1-3H3. The highest BCUT2D eigenvalue weighted by Crippen LogP contribution is 2.22. The number of ether oxygens (including phenoxy) is 1. The molecule has 122 valence electrons. The topological polar surface area (TPSA) is 29.5 Å². The molecule has 0 aliphatic carbocycles. The zero-order valence-corrected chi connectivity index (χ0v) is 14.2. The van der Waals surface area contributed by atoms with Crippen molar-refractivity contribution >= 4 is 16.7 Å². The minimum Gasteiger partial charge on any atom is -0.497 e. The molecule has 0 saturated carbocycles. The van der Waals surface area contributed by atoms with Gasteiger partial charge >= 0.3 is 0 Å². The lowest BCUT2D eigenvalue weighted by molar-refractivity contribution is 0.0785. The van der Waals surface area contributed by atoms with Crippen LogP contribution in [0.15, 0.2) is 60.7 Å². The molecule has 0 N–H and O–H groups in total. The third kappa shape index (κ3) is 3.40. The van der Waals surface area contributed by atoms with Crippen molar-refractivity contribution in [1.82, 2.24) is 4.90 Å². The maximum absolute atomic E-state index is 12.6. The molecule has 3 rings (SSSR count). The molecule has 1 amide bonds. The van der Waals surface area contributed by atoms with E-state index in [2.05, 4.69) is 18.2 Å². The first-order valence-electron chi connectivity index (χ1n) is 7.95. The lowest BCUT2D eigenvalue weighted by Crippen LogP contribution is -2.26. The van der Waals surface area contributed by atoms with Crippen LogP contribution in [0.4, 0.5) is 0 Å². The van der Waals surface area contributed by atoms with Crippen LogP contribution in [0.1, 0.15) is 21.5 Å². The Kier molecular flexibility index (Phi) is 4.52. The molecule has 0 unspecified atom stereocenters. The summed E-state index contributed by atoms with van der Waals surface area (Å²) in [4.78, 5) is 14.3. The Hall–Kier alpha value is -2.81. The smallest absolute Gasteiger partial charge is 0.253 e. The van der Waals surface area contributed by atoms with Crippen LogP contribution in [0, 0.1) is 6.92 Å². The van der Waals surface area contributed by atoms with Gasteiger partial charge in [-0.1, -0.05) is 35.9 Å². The lowest BCUT2D eigenvalue weighted by Gasteiger charge is -2.18. The predicted octanol–water partition coefficient (Wildman–Crippen LogP) is 4.43. The van der Waals surface area contributed by atoms with Gasteiger partial charge < -0.3 is 9.64 Å². The number of hydrogen-bond donors (Lipinski definition) is 0. The van der Waals surface area contributed by atoms with E-state index in [9.17, 15) is 4.79 Å². The van der Waals surface area contributed by atoms with E-state index in [4.69, 9.17) is 4.74 Å². The van der Waals surface area contributed by atoms with E-state index in [1.54, 1.807) is 12.0 Å². The number of carbonyl (C=O) groups excluding carboxylic acids is 1. The molecule has 3 aromatic carbocycles. The van der Waals surface area contributed by atoms with Crippen molar-refractivity contribution in [3.63, 3.8) is 0 Å². The van der Waals surface area contributed by atoms with Crippen LogP contribution in [0.2, 0.25) is 0 Å². The van der Waals surface area contributed by atoms with Gasteiger partial charge in [-0.3, -0.25) is 4.79 Å². The summed E-state index contributed by atoms with van der Waals surface area (Å²) in [6.07, 6.45) is 0. The van der Waals surface area contributed by atoms with Gasteiger partial charge in [0.1, 0.15) is 5.75 Å². The van der Waals surface area contributed by atoms with Gasteiger partial charge in [0, 0.05) is 19.2 Å². The molecule has 0 bridgehead atoms. The molecule has 0 fully saturated rings. The highest BCUT2D eigenvalue weighted by Gasteiger charge is 2.12. The Labute approximate surface area is 142 Å². The first kappa shape index (κ1) is 16.1. The summed E-state index contributed by atoms with van der Waals surface area (Å²) in [6.45, 7) is 2.57. The SMILES string of the molecule is COc1ccc2cc(CN(C)C(=O)c3cccc(C)c3)ccc2c1. The first-order valence-corrected chi connectivity index (χ1v) is 7.95. The summed E-state index contributed by atoms with van der Waals surface area (Å²) in [5.41, 5.74) is 2.92. The number of benzene rings is 3. The number of methoxy groups -OCH3 is 1. The van der Waals surface area contributed by atoms with Crippen LogP contribution in [0.3, 0.4) is 0 Å². The van der Waals surface area contributed by atoms with Crippen LogP contribution in [-0.4, -0.2) is 25.0 Å². The second-order valence-electron chi connectivity index (χ2n) is 6.08. The summed E-state index contributed by atoms with van der Waals surface area (Å²) < 4.78 is 5.25. The molecule has 0 heterocycles. The Morgan fingerprint density at radius 1 is 1.00 bits per heavy atom. The Balaban J connectivity index is 1.79. The van der Waals surface area contributed by atoms with Crippen molar-refractivity contribution in [3.8, 4) is 5.75 Å². The van der Waals surface area contributed by atoms with E-state index in [1.165, 1.54) is 0 Å². The second kappa shape index (κ2) is 6.75. The summed E-state index contributed by atoms with van der Waals surface area (Å²) >= 11 is 0. The normalized spacial score (nSPS) is 10.6. The zero-order chi connectivity index (χ0) is 17.1. The quantitative estimate of drug-likeness (QED) is 0.712. The van der Waals surface area contributed by atoms with Crippen molar-refractivity contribution in [3.05, 3.63) is 77.4 Å². The van der Waals surface area contributed by atoms with Gasteiger partial charge in [-0.05, 0) is 53.6 Å². The van der Waals surface area contributed by atoms with Crippen molar-refractivity contribution in [2.75, 3.05) is 14.2 Å². The summed E-state index contributed by atoms with van der Waals surface area (Å²) in [6, 6.07) is 19.9. The van der Waals surface area contributed by atoms with E-state index in [-0.39, 0.29) is 5.91 Å². The maximum Gasteiger partial charge on any atom is 0.253 e. The van der Waals surface area contributed by atoms with Crippen LogP contribution in [0.5, 0.6) is 5.75 Å². The van der Waals surface area contributed by atoms with Crippen LogP contribution < -0.4 is 4.74 Å². The van der Waals surface area contributed by atoms with Crippen molar-refractivity contribution in [2.45, 2.75) is 13.5 Å². The summed E-state index contributed by atoms with van der Waals surface area (Å²) in [5.74, 6) is 0.885. The first-order chi connectivity index (χ1) is 11.6. The average Bonchev–Trinajstić information content (AvgIpc) is 2.60. The number of amides is 1. The fraction of sp³-hybridized carbons (Fsp3) is 0.190. The molecule has 0 saturated heterocycles. The largest absolute Gasteiger partial charge is 0.497 e. The highest BCUT2D eigenvalue weighted by atomic mass is 16.5. The number of nitrogens with zero attached hydrogens (tertiary/aromatic N) is 1. The zero-order valence-electron chi connectivity index (χ0n) is 14.2. The molecule has 24 heavy (non-hydrogen) atoms. The third-order valence-electron chi connectivity index (χ3n) is 4.14. The van der Waals surface area contributed by atoms with Crippen molar-refractivity contribution < 1.29 is 9.53 Å². The van der Waals surface area contributed by atoms with Crippen molar-refractivity contribution in [1.29, 1.82) is 0 Å². The van der Waals surface area contributed by atoms with E-state index in [1.807, 2.05) is 56.4 Å². The van der Waals surface area contributed by atoms with Gasteiger partial charge in [0.2, 0.25) is 0 Å². The fourth-order valence-corrected chi connectivity index (χ4v) is 2.84. The van der Waals surface area contributed by atoms with Gasteiger partial charge in [-0.2, -0.15) is 0 Å². The minimum absolute atomic E-state index is 0.0357. The van der Waals surface area contributed by atoms with Gasteiger partial charge in [-0.25, -0.2) is 0 Å². The number of carbonyl (C=O) groups is 1. The third-order valence-corrected chi connectivity index (χ3v) is 4.14. The summed E-state index contributed by atoms with van der Waals surface area (Å²) in [7, 11) is 3.50. The van der Waals surface area contributed by atoms with Gasteiger partial charge in [0.25, 0.3) is 5.91 Å². The number of rotatable bonds is 4. The molecule has 0 aliphatic rings. The summed E-state index contributed by atoms with van der Waals surface area (Å²) in [5, 5.41) is 2.27. The van der Waals surface area contributed by atoms with E-state index < -0.39 is 0 Å². The molecule has 3 heteroatoms. The van der Waals surface area contributed by atoms with E-state index in [0.29, 0.717) is 6.54 Å². The highest BCUT2D eigenvalue weighted by molar-refractivity contribution is 5.94. The predicted molar refractivity (Wildman–Crippen MR) is 97.5 cm³/mol. The maximum atomic E-state index is 12.6. The van der Waals surface area contributed by atoms with Gasteiger partial charge in [-0.15, -0.1) is 0 Å². The molecule has 0 spiro atoms. The molecular formula is C21H21NO2. The number of hydrogen-bond acceptors (Lipinski definition) is 2. The molecule has 0 aromatic heterocycles. The minimum atomic E-state index is 0.0357. The van der Waals surface area contributed by atoms with E-state index >= 15 is 0 Å². The van der Waals surface area contributed by atoms with Crippen LogP contribution in [0.25, 0.3) is 10.8 Å². The number of aryl methyl sites for hydroxylation is 1. The lowest BCUT2D eigenvalue weighted by atomic mass is 10.1. The van der Waals surface area contributed by atoms with Gasteiger partial charge in [0.15, 0.2) is 0 Å². The van der Waals surface area contributed by atoms with Gasteiger partial charge in [0.05, 0.1) is 7.11 Å². The van der Waals surface area contributed by atoms with Crippen LogP contribution in [-0.2, 0) is 6.54 Å². The fourth-order valence-electron chi connectivity index (χ4n) is 2.84. The average molecular weight is 319 g/mol. The van der Waals surface area contributed by atoms with E-state index in [0.717, 1.165) is 33.2 Å². The molecule has 3 nitrogen and oxygen atoms in total. The molecule has 0 radical (unpaired) electrons. The number of fused-ring (bicyclic) bond motifs is 1. The monoisotopic (exact) mass is 319 g/mol. The van der Waals surface area contributed by atoms with Crippen molar-refractivity contribution in [2.24, 2.45) is 0 Å². The molecule has 0 aliphatic heterocycles. The Morgan fingerprint density at radius 2 is 1.75 bits per heavy atom. The molecule has 0 atom stereocenters. The molecular weight excluding hydrogens is 298 g/mol. The Morgan fingerprint density at radius 3 is 2.50 bits per heavy atom. The Bertz CT molecular complexity index is 886. The molecule has 3 aromatic rings. The second-order valence-corrected chi connectivity index (χ2v) is 6.08. The van der Waals surface area contributed by atoms with Crippen LogP contribution >= 0.6 is 0 Å².